The molecule has 0 radical (unpaired) electrons. The van der Waals surface area contributed by atoms with E-state index in [2.05, 4.69) is 20.1 Å². The maximum absolute atomic E-state index is 9.39. The Labute approximate surface area is 233 Å². The molecular weight excluding hydrogens is 524 g/mol. The number of benzene rings is 2. The molecule has 0 saturated carbocycles. The molecule has 2 aromatic carbocycles. The van der Waals surface area contributed by atoms with Crippen LogP contribution in [0.15, 0.2) is 70.9 Å². The first-order valence-electron chi connectivity index (χ1n) is 12.5. The number of nitrogens with zero attached hydrogens (tertiary/aromatic N) is 6. The van der Waals surface area contributed by atoms with E-state index < -0.39 is 24.3 Å². The van der Waals surface area contributed by atoms with Crippen LogP contribution in [0.2, 0.25) is 0 Å². The summed E-state index contributed by atoms with van der Waals surface area (Å²) in [6.07, 6.45) is -1.99. The minimum Gasteiger partial charge on any atom is -0.493 e. The standard InChI is InChI=1S/C26H36N6O8/c1-33-13-15-35-19-39-25(23(29-31-27)17-37-21-9-5-3-6-10-21)26(40-20-36-16-14-34-2)24(30-32-28)18-38-22-11-7-4-8-12-22/h3-12,23-26H,13-20H2,1-2H3/t23-,24-,25-,26-/m0/s1. The maximum atomic E-state index is 9.39. The summed E-state index contributed by atoms with van der Waals surface area (Å²) in [5, 5.41) is 7.86. The van der Waals surface area contributed by atoms with Crippen molar-refractivity contribution < 1.29 is 37.9 Å². The SMILES string of the molecule is COCCOCO[C@H]([C@@H](OCOCCOC)[C@H](COc1ccccc1)N=[N+]=[N-])[C@H](COc1ccccc1)N=[N+]=[N-]. The average molecular weight is 561 g/mol. The molecule has 218 valence electrons. The monoisotopic (exact) mass is 560 g/mol. The van der Waals surface area contributed by atoms with Crippen molar-refractivity contribution in [2.45, 2.75) is 24.3 Å². The Balaban J connectivity index is 2.33. The molecule has 0 aliphatic carbocycles. The fraction of sp³-hybridized carbons (Fsp3) is 0.538. The molecule has 40 heavy (non-hydrogen) atoms. The van der Waals surface area contributed by atoms with Crippen molar-refractivity contribution in [1.29, 1.82) is 0 Å². The third kappa shape index (κ3) is 13.0. The third-order valence-electron chi connectivity index (χ3n) is 5.36. The Morgan fingerprint density at radius 3 is 1.38 bits per heavy atom. The van der Waals surface area contributed by atoms with Crippen molar-refractivity contribution in [1.82, 2.24) is 0 Å². The Bertz CT molecular complexity index is 927. The van der Waals surface area contributed by atoms with E-state index in [-0.39, 0.29) is 40.0 Å². The second-order valence-corrected chi connectivity index (χ2v) is 8.09. The predicted molar refractivity (Wildman–Crippen MR) is 145 cm³/mol. The van der Waals surface area contributed by atoms with Gasteiger partial charge in [-0.1, -0.05) is 46.6 Å². The lowest BCUT2D eigenvalue weighted by Crippen LogP contribution is -2.50. The van der Waals surface area contributed by atoms with Crippen molar-refractivity contribution in [3.8, 4) is 11.5 Å². The molecule has 0 aliphatic rings. The van der Waals surface area contributed by atoms with Gasteiger partial charge in [0.15, 0.2) is 0 Å². The number of methoxy groups -OCH3 is 2. The zero-order valence-electron chi connectivity index (χ0n) is 22.7. The van der Waals surface area contributed by atoms with E-state index in [4.69, 9.17) is 37.9 Å². The number of azide groups is 2. The van der Waals surface area contributed by atoms with Gasteiger partial charge in [0, 0.05) is 24.0 Å². The van der Waals surface area contributed by atoms with Crippen LogP contribution < -0.4 is 9.47 Å². The maximum Gasteiger partial charge on any atom is 0.147 e. The first-order valence-corrected chi connectivity index (χ1v) is 12.5. The summed E-state index contributed by atoms with van der Waals surface area (Å²) in [6.45, 7) is 0.715. The van der Waals surface area contributed by atoms with Gasteiger partial charge < -0.3 is 37.9 Å². The van der Waals surface area contributed by atoms with E-state index in [1.54, 1.807) is 38.5 Å². The lowest BCUT2D eigenvalue weighted by molar-refractivity contribution is -0.184. The molecule has 2 rings (SSSR count). The van der Waals surface area contributed by atoms with Crippen LogP contribution in [0, 0.1) is 0 Å². The average Bonchev–Trinajstić information content (AvgIpc) is 2.99. The highest BCUT2D eigenvalue weighted by molar-refractivity contribution is 5.22. The van der Waals surface area contributed by atoms with Crippen LogP contribution in [0.5, 0.6) is 11.5 Å². The fourth-order valence-electron chi connectivity index (χ4n) is 3.42. The van der Waals surface area contributed by atoms with Crippen LogP contribution in [0.4, 0.5) is 0 Å². The van der Waals surface area contributed by atoms with E-state index in [1.807, 2.05) is 36.4 Å². The molecule has 0 aromatic heterocycles. The molecule has 0 saturated heterocycles. The molecule has 4 atom stereocenters. The molecule has 0 amide bonds. The van der Waals surface area contributed by atoms with E-state index in [0.29, 0.717) is 24.7 Å². The molecule has 0 heterocycles. The highest BCUT2D eigenvalue weighted by atomic mass is 16.7. The van der Waals surface area contributed by atoms with Crippen LogP contribution in [0.3, 0.4) is 0 Å². The van der Waals surface area contributed by atoms with E-state index >= 15 is 0 Å². The van der Waals surface area contributed by atoms with Crippen LogP contribution >= 0.6 is 0 Å². The Morgan fingerprint density at radius 1 is 0.625 bits per heavy atom. The molecule has 0 spiro atoms. The van der Waals surface area contributed by atoms with Gasteiger partial charge in [0.25, 0.3) is 0 Å². The molecule has 0 unspecified atom stereocenters. The number of rotatable bonds is 23. The quantitative estimate of drug-likeness (QED) is 0.0627. The van der Waals surface area contributed by atoms with Gasteiger partial charge in [-0.25, -0.2) is 0 Å². The van der Waals surface area contributed by atoms with Gasteiger partial charge in [0.1, 0.15) is 37.2 Å². The summed E-state index contributed by atoms with van der Waals surface area (Å²) < 4.78 is 44.9. The minimum absolute atomic E-state index is 0.0657. The zero-order valence-corrected chi connectivity index (χ0v) is 22.7. The van der Waals surface area contributed by atoms with Crippen LogP contribution in [0.25, 0.3) is 20.9 Å². The number of hydrogen-bond donors (Lipinski definition) is 0. The summed E-state index contributed by atoms with van der Waals surface area (Å²) in [6, 6.07) is 16.2. The smallest absolute Gasteiger partial charge is 0.147 e. The van der Waals surface area contributed by atoms with Crippen molar-refractivity contribution in [2.75, 3.05) is 67.4 Å². The highest BCUT2D eigenvalue weighted by Gasteiger charge is 2.37. The zero-order chi connectivity index (χ0) is 28.7. The summed E-state index contributed by atoms with van der Waals surface area (Å²) >= 11 is 0. The Kier molecular flexibility index (Phi) is 17.3. The van der Waals surface area contributed by atoms with Gasteiger partial charge in [0.05, 0.1) is 51.8 Å². The molecule has 0 aliphatic heterocycles. The number of hydrogen-bond acceptors (Lipinski definition) is 10. The Morgan fingerprint density at radius 2 is 1.02 bits per heavy atom. The summed E-state index contributed by atoms with van der Waals surface area (Å²) in [7, 11) is 3.10. The normalized spacial score (nSPS) is 13.8. The predicted octanol–water partition coefficient (Wildman–Crippen LogP) is 4.51. The number of para-hydroxylation sites is 2. The second-order valence-electron chi connectivity index (χ2n) is 8.09. The van der Waals surface area contributed by atoms with Crippen molar-refractivity contribution in [2.24, 2.45) is 10.2 Å². The lowest BCUT2D eigenvalue weighted by atomic mass is 10.00. The summed E-state index contributed by atoms with van der Waals surface area (Å²) in [4.78, 5) is 5.99. The van der Waals surface area contributed by atoms with Gasteiger partial charge >= 0.3 is 0 Å². The minimum atomic E-state index is -0.997. The van der Waals surface area contributed by atoms with E-state index in [9.17, 15) is 11.1 Å². The molecule has 0 bridgehead atoms. The van der Waals surface area contributed by atoms with Crippen molar-refractivity contribution in [3.63, 3.8) is 0 Å². The topological polar surface area (TPSA) is 171 Å². The van der Waals surface area contributed by atoms with Gasteiger partial charge in [-0.2, -0.15) is 0 Å². The first kappa shape index (κ1) is 32.6. The highest BCUT2D eigenvalue weighted by Crippen LogP contribution is 2.22. The van der Waals surface area contributed by atoms with Crippen molar-refractivity contribution >= 4 is 0 Å². The van der Waals surface area contributed by atoms with Crippen molar-refractivity contribution in [3.05, 3.63) is 81.5 Å². The first-order chi connectivity index (χ1) is 19.7. The van der Waals surface area contributed by atoms with E-state index in [1.165, 1.54) is 0 Å². The summed E-state index contributed by atoms with van der Waals surface area (Å²) in [5.41, 5.74) is 18.8. The summed E-state index contributed by atoms with van der Waals surface area (Å²) in [5.74, 6) is 1.13. The van der Waals surface area contributed by atoms with Gasteiger partial charge in [0.2, 0.25) is 0 Å². The van der Waals surface area contributed by atoms with Gasteiger partial charge in [-0.3, -0.25) is 0 Å². The molecular formula is C26H36N6O8. The van der Waals surface area contributed by atoms with Gasteiger partial charge in [-0.05, 0) is 35.3 Å². The van der Waals surface area contributed by atoms with Gasteiger partial charge in [-0.15, -0.1) is 0 Å². The third-order valence-corrected chi connectivity index (χ3v) is 5.36. The molecule has 0 N–H and O–H groups in total. The molecule has 2 aromatic rings. The van der Waals surface area contributed by atoms with Crippen LogP contribution in [0.1, 0.15) is 0 Å². The molecule has 14 nitrogen and oxygen atoms in total. The fourth-order valence-corrected chi connectivity index (χ4v) is 3.42. The lowest BCUT2D eigenvalue weighted by Gasteiger charge is -2.34. The molecule has 14 heteroatoms. The Hall–Kier alpha value is -3.58. The number of ether oxygens (including phenoxy) is 8. The second kappa shape index (κ2) is 21.3. The van der Waals surface area contributed by atoms with Crippen LogP contribution in [-0.4, -0.2) is 91.7 Å². The van der Waals surface area contributed by atoms with E-state index in [0.717, 1.165) is 0 Å². The largest absolute Gasteiger partial charge is 0.493 e. The molecule has 0 fully saturated rings. The van der Waals surface area contributed by atoms with Crippen LogP contribution in [-0.2, 0) is 28.4 Å².